The standard InChI is InChI=1S/C19H18F3N5O2/c20-19(21,22)16-9-13(15-4-2-8-29-15)23-17-10-14(24-27(16)17)18(28)26-7-6-25-5-1-3-12(25)11-26/h2,4,8-10,12H,1,3,5-7,11H2. The lowest BCUT2D eigenvalue weighted by Crippen LogP contribution is -2.52. The fourth-order valence-corrected chi connectivity index (χ4v) is 4.17. The number of furan rings is 1. The Labute approximate surface area is 163 Å². The van der Waals surface area contributed by atoms with Crippen molar-refractivity contribution in [3.8, 4) is 11.5 Å². The van der Waals surface area contributed by atoms with E-state index in [0.29, 0.717) is 23.6 Å². The molecule has 0 aliphatic carbocycles. The van der Waals surface area contributed by atoms with E-state index in [-0.39, 0.29) is 28.7 Å². The van der Waals surface area contributed by atoms with Gasteiger partial charge in [0.25, 0.3) is 5.91 Å². The summed E-state index contributed by atoms with van der Waals surface area (Å²) in [6.45, 7) is 2.93. The molecule has 2 aliphatic rings. The van der Waals surface area contributed by atoms with E-state index in [0.717, 1.165) is 32.0 Å². The van der Waals surface area contributed by atoms with Crippen LogP contribution in [-0.2, 0) is 6.18 Å². The quantitative estimate of drug-likeness (QED) is 0.656. The molecule has 2 fully saturated rings. The number of alkyl halides is 3. The van der Waals surface area contributed by atoms with Gasteiger partial charge in [0.2, 0.25) is 0 Å². The maximum absolute atomic E-state index is 13.6. The Bertz CT molecular complexity index is 1060. The molecule has 0 bridgehead atoms. The third-order valence-corrected chi connectivity index (χ3v) is 5.58. The van der Waals surface area contributed by atoms with Crippen LogP contribution < -0.4 is 0 Å². The summed E-state index contributed by atoms with van der Waals surface area (Å²) in [7, 11) is 0. The summed E-state index contributed by atoms with van der Waals surface area (Å²) < 4.78 is 46.8. The Kier molecular flexibility index (Phi) is 4.12. The fraction of sp³-hybridized carbons (Fsp3) is 0.421. The predicted molar refractivity (Wildman–Crippen MR) is 96.2 cm³/mol. The van der Waals surface area contributed by atoms with Crippen molar-refractivity contribution < 1.29 is 22.4 Å². The van der Waals surface area contributed by atoms with Crippen LogP contribution in [0.2, 0.25) is 0 Å². The maximum atomic E-state index is 13.6. The Morgan fingerprint density at radius 1 is 1.21 bits per heavy atom. The molecule has 3 aromatic heterocycles. The third-order valence-electron chi connectivity index (χ3n) is 5.58. The lowest BCUT2D eigenvalue weighted by Gasteiger charge is -2.37. The number of amides is 1. The molecule has 2 aliphatic heterocycles. The van der Waals surface area contributed by atoms with Crippen LogP contribution in [0, 0.1) is 0 Å². The maximum Gasteiger partial charge on any atom is 0.433 e. The Morgan fingerprint density at radius 2 is 2.07 bits per heavy atom. The fourth-order valence-electron chi connectivity index (χ4n) is 4.17. The summed E-state index contributed by atoms with van der Waals surface area (Å²) in [6.07, 6.45) is -1.16. The van der Waals surface area contributed by atoms with Gasteiger partial charge in [-0.05, 0) is 37.6 Å². The summed E-state index contributed by atoms with van der Waals surface area (Å²) in [6, 6.07) is 5.61. The number of rotatable bonds is 2. The van der Waals surface area contributed by atoms with Crippen LogP contribution in [0.25, 0.3) is 17.1 Å². The van der Waals surface area contributed by atoms with Gasteiger partial charge in [-0.2, -0.15) is 18.3 Å². The van der Waals surface area contributed by atoms with Crippen molar-refractivity contribution in [3.05, 3.63) is 41.9 Å². The zero-order valence-electron chi connectivity index (χ0n) is 15.4. The molecular formula is C19H18F3N5O2. The zero-order chi connectivity index (χ0) is 20.2. The van der Waals surface area contributed by atoms with Gasteiger partial charge in [0, 0.05) is 31.7 Å². The molecule has 1 atom stereocenters. The number of fused-ring (bicyclic) bond motifs is 2. The number of carbonyl (C=O) groups excluding carboxylic acids is 1. The van der Waals surface area contributed by atoms with Crippen LogP contribution in [0.3, 0.4) is 0 Å². The molecule has 0 N–H and O–H groups in total. The van der Waals surface area contributed by atoms with E-state index in [9.17, 15) is 18.0 Å². The van der Waals surface area contributed by atoms with Crippen molar-refractivity contribution in [2.24, 2.45) is 0 Å². The first-order valence-electron chi connectivity index (χ1n) is 9.45. The molecule has 5 rings (SSSR count). The Hall–Kier alpha value is -2.88. The highest BCUT2D eigenvalue weighted by Crippen LogP contribution is 2.32. The number of nitrogens with zero attached hydrogens (tertiary/aromatic N) is 5. The molecule has 0 radical (unpaired) electrons. The molecule has 152 valence electrons. The normalized spacial score (nSPS) is 20.4. The van der Waals surface area contributed by atoms with Crippen molar-refractivity contribution >= 4 is 11.6 Å². The van der Waals surface area contributed by atoms with Crippen LogP contribution in [-0.4, -0.2) is 62.5 Å². The van der Waals surface area contributed by atoms with Crippen LogP contribution in [0.15, 0.2) is 34.9 Å². The van der Waals surface area contributed by atoms with Gasteiger partial charge in [-0.3, -0.25) is 9.69 Å². The molecule has 10 heteroatoms. The lowest BCUT2D eigenvalue weighted by atomic mass is 10.1. The van der Waals surface area contributed by atoms with Crippen LogP contribution in [0.5, 0.6) is 0 Å². The van der Waals surface area contributed by atoms with E-state index < -0.39 is 11.9 Å². The van der Waals surface area contributed by atoms with Gasteiger partial charge in [0.1, 0.15) is 5.69 Å². The number of halogens is 3. The minimum atomic E-state index is -4.66. The molecule has 0 aromatic carbocycles. The average molecular weight is 405 g/mol. The summed E-state index contributed by atoms with van der Waals surface area (Å²) in [5, 5.41) is 3.96. The van der Waals surface area contributed by atoms with Crippen molar-refractivity contribution in [2.75, 3.05) is 26.2 Å². The highest BCUT2D eigenvalue weighted by atomic mass is 19.4. The minimum Gasteiger partial charge on any atom is -0.463 e. The predicted octanol–water partition coefficient (Wildman–Crippen LogP) is 2.93. The van der Waals surface area contributed by atoms with Crippen molar-refractivity contribution in [1.82, 2.24) is 24.4 Å². The van der Waals surface area contributed by atoms with Gasteiger partial charge in [-0.15, -0.1) is 0 Å². The first-order valence-corrected chi connectivity index (χ1v) is 9.45. The second-order valence-corrected chi connectivity index (χ2v) is 7.38. The van der Waals surface area contributed by atoms with Crippen LogP contribution >= 0.6 is 0 Å². The van der Waals surface area contributed by atoms with Crippen LogP contribution in [0.4, 0.5) is 13.2 Å². The van der Waals surface area contributed by atoms with Crippen molar-refractivity contribution in [2.45, 2.75) is 25.1 Å². The molecular weight excluding hydrogens is 387 g/mol. The van der Waals surface area contributed by atoms with Gasteiger partial charge in [0.15, 0.2) is 22.8 Å². The number of hydrogen-bond donors (Lipinski definition) is 0. The Balaban J connectivity index is 1.53. The number of piperazine rings is 1. The lowest BCUT2D eigenvalue weighted by molar-refractivity contribution is -0.142. The van der Waals surface area contributed by atoms with Gasteiger partial charge >= 0.3 is 6.18 Å². The van der Waals surface area contributed by atoms with E-state index in [1.54, 1.807) is 11.0 Å². The first-order chi connectivity index (χ1) is 13.9. The largest absolute Gasteiger partial charge is 0.463 e. The van der Waals surface area contributed by atoms with E-state index in [4.69, 9.17) is 4.42 Å². The number of aromatic nitrogens is 3. The van der Waals surface area contributed by atoms with Crippen LogP contribution in [0.1, 0.15) is 29.0 Å². The Morgan fingerprint density at radius 3 is 2.83 bits per heavy atom. The highest BCUT2D eigenvalue weighted by Gasteiger charge is 2.37. The summed E-state index contributed by atoms with van der Waals surface area (Å²) in [5.74, 6) is -0.154. The average Bonchev–Trinajstić information content (AvgIpc) is 3.44. The van der Waals surface area contributed by atoms with Gasteiger partial charge < -0.3 is 9.32 Å². The van der Waals surface area contributed by atoms with E-state index >= 15 is 0 Å². The SMILES string of the molecule is O=C(c1cc2nc(-c3ccco3)cc(C(F)(F)F)n2n1)N1CCN2CCCC2C1. The topological polar surface area (TPSA) is 66.9 Å². The van der Waals surface area contributed by atoms with Gasteiger partial charge in [-0.1, -0.05) is 0 Å². The minimum absolute atomic E-state index is 0.0355. The highest BCUT2D eigenvalue weighted by molar-refractivity contribution is 5.93. The van der Waals surface area contributed by atoms with E-state index in [1.165, 1.54) is 18.4 Å². The first kappa shape index (κ1) is 18.2. The van der Waals surface area contributed by atoms with E-state index in [1.807, 2.05) is 0 Å². The zero-order valence-corrected chi connectivity index (χ0v) is 15.4. The molecule has 5 heterocycles. The summed E-state index contributed by atoms with van der Waals surface area (Å²) in [4.78, 5) is 21.2. The molecule has 2 saturated heterocycles. The molecule has 0 saturated carbocycles. The smallest absolute Gasteiger partial charge is 0.433 e. The third kappa shape index (κ3) is 3.17. The number of hydrogen-bond acceptors (Lipinski definition) is 5. The monoisotopic (exact) mass is 405 g/mol. The number of carbonyl (C=O) groups is 1. The molecule has 7 nitrogen and oxygen atoms in total. The second kappa shape index (κ2) is 6.58. The molecule has 1 unspecified atom stereocenters. The molecule has 3 aromatic rings. The van der Waals surface area contributed by atoms with Gasteiger partial charge in [0.05, 0.1) is 6.26 Å². The van der Waals surface area contributed by atoms with Gasteiger partial charge in [-0.25, -0.2) is 9.50 Å². The molecule has 29 heavy (non-hydrogen) atoms. The molecule has 1 amide bonds. The second-order valence-electron chi connectivity index (χ2n) is 7.38. The van der Waals surface area contributed by atoms with E-state index in [2.05, 4.69) is 15.0 Å². The summed E-state index contributed by atoms with van der Waals surface area (Å²) >= 11 is 0. The summed E-state index contributed by atoms with van der Waals surface area (Å²) in [5.41, 5.74) is -1.05. The molecule has 0 spiro atoms. The van der Waals surface area contributed by atoms with Crippen molar-refractivity contribution in [3.63, 3.8) is 0 Å². The van der Waals surface area contributed by atoms with Crippen molar-refractivity contribution in [1.29, 1.82) is 0 Å².